The van der Waals surface area contributed by atoms with Gasteiger partial charge < -0.3 is 0 Å². The summed E-state index contributed by atoms with van der Waals surface area (Å²) in [5, 5.41) is 0. The summed E-state index contributed by atoms with van der Waals surface area (Å²) in [5.74, 6) is 0. The SMILES string of the molecule is CC(c1ccccc1)N1CC1CCc1ccccc1. The molecule has 3 atom stereocenters. The van der Waals surface area contributed by atoms with Gasteiger partial charge in [-0.1, -0.05) is 60.7 Å². The molecule has 3 unspecified atom stereocenters. The van der Waals surface area contributed by atoms with Gasteiger partial charge in [0.15, 0.2) is 0 Å². The molecule has 0 aromatic heterocycles. The van der Waals surface area contributed by atoms with Crippen LogP contribution in [0.1, 0.15) is 30.5 Å². The number of hydrogen-bond acceptors (Lipinski definition) is 1. The van der Waals surface area contributed by atoms with Gasteiger partial charge in [-0.05, 0) is 30.9 Å². The van der Waals surface area contributed by atoms with Crippen molar-refractivity contribution in [3.8, 4) is 0 Å². The average Bonchev–Trinajstić information content (AvgIpc) is 3.26. The Morgan fingerprint density at radius 2 is 1.63 bits per heavy atom. The minimum absolute atomic E-state index is 0.557. The second-order valence-corrected chi connectivity index (χ2v) is 5.46. The van der Waals surface area contributed by atoms with E-state index >= 15 is 0 Å². The first-order valence-corrected chi connectivity index (χ1v) is 7.19. The Bertz CT molecular complexity index is 506. The lowest BCUT2D eigenvalue weighted by Crippen LogP contribution is -2.09. The van der Waals surface area contributed by atoms with Crippen molar-refractivity contribution in [1.82, 2.24) is 4.90 Å². The lowest BCUT2D eigenvalue weighted by molar-refractivity contribution is 0.398. The van der Waals surface area contributed by atoms with Crippen molar-refractivity contribution in [2.75, 3.05) is 6.54 Å². The van der Waals surface area contributed by atoms with Gasteiger partial charge in [0.25, 0.3) is 0 Å². The molecule has 1 aliphatic rings. The van der Waals surface area contributed by atoms with Gasteiger partial charge in [-0.25, -0.2) is 0 Å². The molecule has 0 spiro atoms. The molecule has 1 heterocycles. The van der Waals surface area contributed by atoms with E-state index in [0.717, 1.165) is 6.04 Å². The van der Waals surface area contributed by atoms with Gasteiger partial charge in [0.2, 0.25) is 0 Å². The van der Waals surface area contributed by atoms with Gasteiger partial charge in [0.1, 0.15) is 0 Å². The van der Waals surface area contributed by atoms with Crippen LogP contribution in [0.5, 0.6) is 0 Å². The molecule has 1 saturated heterocycles. The Balaban J connectivity index is 1.51. The van der Waals surface area contributed by atoms with Crippen LogP contribution in [0.4, 0.5) is 0 Å². The predicted molar refractivity (Wildman–Crippen MR) is 80.1 cm³/mol. The second kappa shape index (κ2) is 5.58. The zero-order chi connectivity index (χ0) is 13.1. The number of aryl methyl sites for hydroxylation is 1. The summed E-state index contributed by atoms with van der Waals surface area (Å²) >= 11 is 0. The Morgan fingerprint density at radius 1 is 1.00 bits per heavy atom. The Morgan fingerprint density at radius 3 is 2.32 bits per heavy atom. The number of hydrogen-bond donors (Lipinski definition) is 0. The highest BCUT2D eigenvalue weighted by Crippen LogP contribution is 2.33. The Hall–Kier alpha value is -1.60. The fourth-order valence-corrected chi connectivity index (χ4v) is 2.83. The largest absolute Gasteiger partial charge is 0.291 e. The molecular weight excluding hydrogens is 230 g/mol. The van der Waals surface area contributed by atoms with Crippen LogP contribution in [0, 0.1) is 0 Å². The van der Waals surface area contributed by atoms with Crippen molar-refractivity contribution < 1.29 is 0 Å². The summed E-state index contributed by atoms with van der Waals surface area (Å²) in [5.41, 5.74) is 2.89. The maximum atomic E-state index is 2.60. The van der Waals surface area contributed by atoms with Crippen LogP contribution in [0.2, 0.25) is 0 Å². The first-order valence-electron chi connectivity index (χ1n) is 7.19. The molecule has 0 amide bonds. The molecule has 1 heteroatoms. The molecule has 1 fully saturated rings. The lowest BCUT2D eigenvalue weighted by atomic mass is 10.1. The standard InChI is InChI=1S/C18H21N/c1-15(17-10-6-3-7-11-17)19-14-18(19)13-12-16-8-4-2-5-9-16/h2-11,15,18H,12-14H2,1H3. The van der Waals surface area contributed by atoms with Crippen LogP contribution < -0.4 is 0 Å². The molecule has 0 bridgehead atoms. The van der Waals surface area contributed by atoms with Gasteiger partial charge in [-0.2, -0.15) is 0 Å². The highest BCUT2D eigenvalue weighted by Gasteiger charge is 2.37. The van der Waals surface area contributed by atoms with Gasteiger partial charge in [-0.3, -0.25) is 4.90 Å². The zero-order valence-electron chi connectivity index (χ0n) is 11.5. The number of rotatable bonds is 5. The summed E-state index contributed by atoms with van der Waals surface area (Å²) in [4.78, 5) is 2.60. The fourth-order valence-electron chi connectivity index (χ4n) is 2.83. The fraction of sp³-hybridized carbons (Fsp3) is 0.333. The summed E-state index contributed by atoms with van der Waals surface area (Å²) in [6, 6.07) is 23.0. The lowest BCUT2D eigenvalue weighted by Gasteiger charge is -2.14. The van der Waals surface area contributed by atoms with E-state index in [0.29, 0.717) is 6.04 Å². The molecule has 19 heavy (non-hydrogen) atoms. The maximum absolute atomic E-state index is 2.60. The number of benzene rings is 2. The van der Waals surface area contributed by atoms with E-state index in [2.05, 4.69) is 72.5 Å². The third-order valence-corrected chi connectivity index (χ3v) is 4.15. The van der Waals surface area contributed by atoms with Crippen LogP contribution in [0.3, 0.4) is 0 Å². The normalized spacial score (nSPS) is 23.0. The molecule has 0 N–H and O–H groups in total. The van der Waals surface area contributed by atoms with Crippen LogP contribution in [0.25, 0.3) is 0 Å². The van der Waals surface area contributed by atoms with Gasteiger partial charge >= 0.3 is 0 Å². The summed E-state index contributed by atoms with van der Waals surface area (Å²) in [7, 11) is 0. The van der Waals surface area contributed by atoms with Crippen molar-refractivity contribution in [2.24, 2.45) is 0 Å². The van der Waals surface area contributed by atoms with Crippen LogP contribution >= 0.6 is 0 Å². The van der Waals surface area contributed by atoms with Crippen molar-refractivity contribution in [3.05, 3.63) is 71.8 Å². The number of nitrogens with zero attached hydrogens (tertiary/aromatic N) is 1. The van der Waals surface area contributed by atoms with Gasteiger partial charge in [0.05, 0.1) is 0 Å². The van der Waals surface area contributed by atoms with Crippen molar-refractivity contribution in [3.63, 3.8) is 0 Å². The van der Waals surface area contributed by atoms with Crippen LogP contribution in [-0.4, -0.2) is 17.5 Å². The summed E-state index contributed by atoms with van der Waals surface area (Å²) < 4.78 is 0. The van der Waals surface area contributed by atoms with Crippen molar-refractivity contribution >= 4 is 0 Å². The third kappa shape index (κ3) is 3.05. The topological polar surface area (TPSA) is 3.01 Å². The quantitative estimate of drug-likeness (QED) is 0.724. The molecule has 3 rings (SSSR count). The van der Waals surface area contributed by atoms with E-state index in [1.807, 2.05) is 0 Å². The third-order valence-electron chi connectivity index (χ3n) is 4.15. The van der Waals surface area contributed by atoms with Gasteiger partial charge in [0, 0.05) is 18.6 Å². The molecule has 2 aromatic rings. The van der Waals surface area contributed by atoms with Gasteiger partial charge in [-0.15, -0.1) is 0 Å². The van der Waals surface area contributed by atoms with Crippen LogP contribution in [-0.2, 0) is 6.42 Å². The van der Waals surface area contributed by atoms with Crippen LogP contribution in [0.15, 0.2) is 60.7 Å². The first-order chi connectivity index (χ1) is 9.34. The molecular formula is C18H21N. The molecule has 98 valence electrons. The summed E-state index contributed by atoms with van der Waals surface area (Å²) in [6.07, 6.45) is 2.48. The molecule has 1 nitrogen and oxygen atoms in total. The van der Waals surface area contributed by atoms with Crippen molar-refractivity contribution in [1.29, 1.82) is 0 Å². The highest BCUT2D eigenvalue weighted by atomic mass is 15.3. The molecule has 0 saturated carbocycles. The minimum atomic E-state index is 0.557. The molecule has 0 aliphatic carbocycles. The van der Waals surface area contributed by atoms with Crippen molar-refractivity contribution in [2.45, 2.75) is 31.8 Å². The van der Waals surface area contributed by atoms with E-state index < -0.39 is 0 Å². The molecule has 2 aromatic carbocycles. The van der Waals surface area contributed by atoms with E-state index in [9.17, 15) is 0 Å². The van der Waals surface area contributed by atoms with E-state index in [-0.39, 0.29) is 0 Å². The average molecular weight is 251 g/mol. The van der Waals surface area contributed by atoms with E-state index in [1.54, 1.807) is 0 Å². The molecule has 0 radical (unpaired) electrons. The highest BCUT2D eigenvalue weighted by molar-refractivity contribution is 5.21. The molecule has 1 aliphatic heterocycles. The summed E-state index contributed by atoms with van der Waals surface area (Å²) in [6.45, 7) is 3.57. The zero-order valence-corrected chi connectivity index (χ0v) is 11.5. The van der Waals surface area contributed by atoms with E-state index in [1.165, 1.54) is 30.5 Å². The Labute approximate surface area is 115 Å². The Kier molecular flexibility index (Phi) is 3.65. The predicted octanol–water partition coefficient (Wildman–Crippen LogP) is 4.06. The minimum Gasteiger partial charge on any atom is -0.291 e. The van der Waals surface area contributed by atoms with E-state index in [4.69, 9.17) is 0 Å². The smallest absolute Gasteiger partial charge is 0.0324 e. The second-order valence-electron chi connectivity index (χ2n) is 5.46. The maximum Gasteiger partial charge on any atom is 0.0324 e. The monoisotopic (exact) mass is 251 g/mol. The first kappa shape index (κ1) is 12.4.